The second-order valence-electron chi connectivity index (χ2n) is 4.82. The molecule has 2 aliphatic heterocycles. The van der Waals surface area contributed by atoms with Crippen molar-refractivity contribution in [2.45, 2.75) is 18.9 Å². The summed E-state index contributed by atoms with van der Waals surface area (Å²) >= 11 is 0. The molecule has 4 amide bonds. The average Bonchev–Trinajstić information content (AvgIpc) is 2.71. The molecule has 3 rings (SSSR count). The maximum atomic E-state index is 12.3. The molecule has 0 aliphatic carbocycles. The Labute approximate surface area is 119 Å². The zero-order chi connectivity index (χ0) is 15.1. The van der Waals surface area contributed by atoms with Crippen molar-refractivity contribution >= 4 is 23.6 Å². The molecule has 0 bridgehead atoms. The van der Waals surface area contributed by atoms with Crippen molar-refractivity contribution in [1.82, 2.24) is 10.2 Å². The van der Waals surface area contributed by atoms with Gasteiger partial charge in [0.2, 0.25) is 11.8 Å². The topological polar surface area (TPSA) is 107 Å². The Hall–Kier alpha value is -3.01. The zero-order valence-electron chi connectivity index (χ0n) is 10.8. The molecule has 1 fully saturated rings. The zero-order valence-corrected chi connectivity index (χ0v) is 10.8. The Morgan fingerprint density at radius 2 is 1.86 bits per heavy atom. The van der Waals surface area contributed by atoms with Gasteiger partial charge in [0.05, 0.1) is 22.8 Å². The van der Waals surface area contributed by atoms with E-state index in [9.17, 15) is 19.2 Å². The molecule has 1 N–H and O–H groups in total. The molecule has 1 saturated heterocycles. The first-order valence-electron chi connectivity index (χ1n) is 6.28. The number of nitrogens with one attached hydrogen (secondary N) is 1. The number of nitriles is 1. The molecule has 2 aliphatic rings. The van der Waals surface area contributed by atoms with Crippen molar-refractivity contribution in [1.29, 1.82) is 5.26 Å². The smallest absolute Gasteiger partial charge is 0.262 e. The molecular formula is C14H9N3O4. The third-order valence-electron chi connectivity index (χ3n) is 3.57. The Morgan fingerprint density at radius 3 is 2.52 bits per heavy atom. The van der Waals surface area contributed by atoms with E-state index in [-0.39, 0.29) is 29.5 Å². The van der Waals surface area contributed by atoms with Crippen LogP contribution in [0.3, 0.4) is 0 Å². The van der Waals surface area contributed by atoms with Crippen LogP contribution in [0.25, 0.3) is 0 Å². The summed E-state index contributed by atoms with van der Waals surface area (Å²) in [7, 11) is 0. The number of hydrogen-bond donors (Lipinski definition) is 1. The summed E-state index contributed by atoms with van der Waals surface area (Å²) in [5.74, 6) is -2.25. The van der Waals surface area contributed by atoms with Gasteiger partial charge >= 0.3 is 0 Å². The highest BCUT2D eigenvalue weighted by Gasteiger charge is 2.44. The van der Waals surface area contributed by atoms with E-state index in [1.165, 1.54) is 18.2 Å². The number of nitrogens with zero attached hydrogens (tertiary/aromatic N) is 2. The Morgan fingerprint density at radius 1 is 1.14 bits per heavy atom. The van der Waals surface area contributed by atoms with Gasteiger partial charge in [-0.1, -0.05) is 0 Å². The standard InChI is InChI=1S/C14H9N3O4/c15-6-7-1-2-8-9(5-7)14(21)17(13(8)20)10-3-4-11(18)16-12(10)19/h1-2,5,10H,3-4H2,(H,16,18,19). The maximum absolute atomic E-state index is 12.3. The third-order valence-corrected chi connectivity index (χ3v) is 3.57. The molecule has 0 aromatic heterocycles. The minimum Gasteiger partial charge on any atom is -0.295 e. The molecule has 1 aromatic rings. The molecule has 0 radical (unpaired) electrons. The molecule has 2 heterocycles. The predicted molar refractivity (Wildman–Crippen MR) is 67.8 cm³/mol. The number of carbonyl (C=O) groups is 4. The van der Waals surface area contributed by atoms with Crippen LogP contribution >= 0.6 is 0 Å². The van der Waals surface area contributed by atoms with Crippen LogP contribution in [0, 0.1) is 11.3 Å². The number of imide groups is 2. The molecular weight excluding hydrogens is 274 g/mol. The van der Waals surface area contributed by atoms with E-state index in [4.69, 9.17) is 5.26 Å². The van der Waals surface area contributed by atoms with Gasteiger partial charge in [-0.25, -0.2) is 0 Å². The van der Waals surface area contributed by atoms with Crippen molar-refractivity contribution in [3.8, 4) is 6.07 Å². The highest BCUT2D eigenvalue weighted by atomic mass is 16.2. The fourth-order valence-electron chi connectivity index (χ4n) is 2.54. The molecule has 104 valence electrons. The largest absolute Gasteiger partial charge is 0.295 e. The van der Waals surface area contributed by atoms with Gasteiger partial charge in [0.15, 0.2) is 0 Å². The van der Waals surface area contributed by atoms with Gasteiger partial charge in [-0.15, -0.1) is 0 Å². The van der Waals surface area contributed by atoms with Crippen LogP contribution in [0.2, 0.25) is 0 Å². The quantitative estimate of drug-likeness (QED) is 0.727. The van der Waals surface area contributed by atoms with Gasteiger partial charge in [0, 0.05) is 6.42 Å². The molecule has 7 heteroatoms. The summed E-state index contributed by atoms with van der Waals surface area (Å²) in [5, 5.41) is 11.0. The van der Waals surface area contributed by atoms with Crippen LogP contribution in [0.15, 0.2) is 18.2 Å². The number of hydrogen-bond acceptors (Lipinski definition) is 5. The minimum atomic E-state index is -0.986. The van der Waals surface area contributed by atoms with E-state index in [0.717, 1.165) is 4.90 Å². The molecule has 0 spiro atoms. The Bertz CT molecular complexity index is 747. The lowest BCUT2D eigenvalue weighted by atomic mass is 10.0. The van der Waals surface area contributed by atoms with Gasteiger partial charge in [-0.2, -0.15) is 5.26 Å². The monoisotopic (exact) mass is 283 g/mol. The van der Waals surface area contributed by atoms with Crippen LogP contribution in [0.4, 0.5) is 0 Å². The van der Waals surface area contributed by atoms with Crippen molar-refractivity contribution < 1.29 is 19.2 Å². The molecule has 1 unspecified atom stereocenters. The fraction of sp³-hybridized carbons (Fsp3) is 0.214. The molecule has 7 nitrogen and oxygen atoms in total. The van der Waals surface area contributed by atoms with E-state index in [1.54, 1.807) is 0 Å². The van der Waals surface area contributed by atoms with E-state index in [1.807, 2.05) is 6.07 Å². The number of benzene rings is 1. The van der Waals surface area contributed by atoms with Crippen LogP contribution in [-0.2, 0) is 9.59 Å². The highest BCUT2D eigenvalue weighted by molar-refractivity contribution is 6.23. The SMILES string of the molecule is N#Cc1ccc2c(c1)C(=O)N(C1CCC(=O)NC1=O)C2=O. The number of piperidine rings is 1. The van der Waals surface area contributed by atoms with Crippen LogP contribution < -0.4 is 5.32 Å². The Kier molecular flexibility index (Phi) is 2.80. The van der Waals surface area contributed by atoms with Gasteiger partial charge in [-0.3, -0.25) is 29.4 Å². The maximum Gasteiger partial charge on any atom is 0.262 e. The van der Waals surface area contributed by atoms with E-state index in [0.29, 0.717) is 0 Å². The Balaban J connectivity index is 1.98. The molecule has 1 atom stereocenters. The second-order valence-corrected chi connectivity index (χ2v) is 4.82. The first-order chi connectivity index (χ1) is 10.0. The van der Waals surface area contributed by atoms with E-state index < -0.39 is 29.7 Å². The van der Waals surface area contributed by atoms with Crippen LogP contribution in [0.1, 0.15) is 39.1 Å². The van der Waals surface area contributed by atoms with E-state index >= 15 is 0 Å². The molecule has 21 heavy (non-hydrogen) atoms. The van der Waals surface area contributed by atoms with Gasteiger partial charge < -0.3 is 0 Å². The highest BCUT2D eigenvalue weighted by Crippen LogP contribution is 2.28. The van der Waals surface area contributed by atoms with Crippen LogP contribution in [-0.4, -0.2) is 34.6 Å². The van der Waals surface area contributed by atoms with Gasteiger partial charge in [-0.05, 0) is 24.6 Å². The molecule has 1 aromatic carbocycles. The average molecular weight is 283 g/mol. The first-order valence-corrected chi connectivity index (χ1v) is 6.28. The summed E-state index contributed by atoms with van der Waals surface area (Å²) in [6.07, 6.45) is 0.189. The first kappa shape index (κ1) is 13.0. The second kappa shape index (κ2) is 4.52. The van der Waals surface area contributed by atoms with Gasteiger partial charge in [0.25, 0.3) is 11.8 Å². The summed E-state index contributed by atoms with van der Waals surface area (Å²) in [6.45, 7) is 0. The van der Waals surface area contributed by atoms with E-state index in [2.05, 4.69) is 5.32 Å². The predicted octanol–water partition coefficient (Wildman–Crippen LogP) is -0.0405. The lowest BCUT2D eigenvalue weighted by molar-refractivity contribution is -0.136. The van der Waals surface area contributed by atoms with Crippen molar-refractivity contribution in [3.63, 3.8) is 0 Å². The third kappa shape index (κ3) is 1.89. The summed E-state index contributed by atoms with van der Waals surface area (Å²) in [5.41, 5.74) is 0.549. The lowest BCUT2D eigenvalue weighted by Crippen LogP contribution is -2.54. The summed E-state index contributed by atoms with van der Waals surface area (Å²) in [4.78, 5) is 48.5. The summed E-state index contributed by atoms with van der Waals surface area (Å²) in [6, 6.07) is 5.09. The fourth-order valence-corrected chi connectivity index (χ4v) is 2.54. The normalized spacial score (nSPS) is 21.1. The minimum absolute atomic E-state index is 0.0766. The number of amides is 4. The number of fused-ring (bicyclic) bond motifs is 1. The lowest BCUT2D eigenvalue weighted by Gasteiger charge is -2.27. The van der Waals surface area contributed by atoms with Crippen molar-refractivity contribution in [2.24, 2.45) is 0 Å². The molecule has 0 saturated carbocycles. The van der Waals surface area contributed by atoms with Crippen molar-refractivity contribution in [3.05, 3.63) is 34.9 Å². The van der Waals surface area contributed by atoms with Gasteiger partial charge in [0.1, 0.15) is 6.04 Å². The number of rotatable bonds is 1. The van der Waals surface area contributed by atoms with Crippen molar-refractivity contribution in [2.75, 3.05) is 0 Å². The summed E-state index contributed by atoms with van der Waals surface area (Å²) < 4.78 is 0. The van der Waals surface area contributed by atoms with Crippen LogP contribution in [0.5, 0.6) is 0 Å². The number of carbonyl (C=O) groups excluding carboxylic acids is 4.